The molecule has 0 spiro atoms. The Labute approximate surface area is 229 Å². The molecule has 4 heteroatoms. The third-order valence-corrected chi connectivity index (χ3v) is 10.2. The molecule has 0 aromatic heterocycles. The van der Waals surface area contributed by atoms with Crippen LogP contribution in [0.5, 0.6) is 0 Å². The molecule has 1 saturated carbocycles. The number of fused-ring (bicyclic) bond motifs is 2. The van der Waals surface area contributed by atoms with Crippen molar-refractivity contribution in [1.82, 2.24) is 10.2 Å². The Morgan fingerprint density at radius 2 is 1.41 bits per heavy atom. The number of allylic oxidation sites excluding steroid dienone is 2. The lowest BCUT2D eigenvalue weighted by molar-refractivity contribution is -0.140. The number of hydrogen-bond donors (Lipinski definition) is 1. The third kappa shape index (κ3) is 7.85. The number of hydrogen-bond acceptors (Lipinski definition) is 2. The Bertz CT molecular complexity index is 733. The number of nitrogens with zero attached hydrogens (tertiary/aromatic N) is 1. The second-order valence-electron chi connectivity index (χ2n) is 12.4. The molecule has 2 rings (SSSR count). The van der Waals surface area contributed by atoms with E-state index in [1.807, 2.05) is 0 Å². The van der Waals surface area contributed by atoms with Crippen LogP contribution in [0.15, 0.2) is 11.1 Å². The second kappa shape index (κ2) is 15.9. The molecule has 2 aliphatic carbocycles. The highest BCUT2D eigenvalue weighted by Gasteiger charge is 2.61. The molecule has 37 heavy (non-hydrogen) atoms. The number of carbonyl (C=O) groups excluding carboxylic acids is 2. The van der Waals surface area contributed by atoms with Gasteiger partial charge in [0.25, 0.3) is 0 Å². The quantitative estimate of drug-likeness (QED) is 0.139. The lowest BCUT2D eigenvalue weighted by atomic mass is 9.61. The highest BCUT2D eigenvalue weighted by atomic mass is 16.2. The maximum atomic E-state index is 13.9. The number of unbranched alkanes of at least 4 members (excludes halogenated alkanes) is 9. The zero-order valence-corrected chi connectivity index (χ0v) is 25.6. The van der Waals surface area contributed by atoms with Crippen LogP contribution in [0.25, 0.3) is 0 Å². The Hall–Kier alpha value is -1.32. The maximum Gasteiger partial charge on any atom is 0.224 e. The summed E-state index contributed by atoms with van der Waals surface area (Å²) < 4.78 is 0. The highest BCUT2D eigenvalue weighted by Crippen LogP contribution is 2.66. The van der Waals surface area contributed by atoms with Crippen molar-refractivity contribution >= 4 is 11.8 Å². The predicted molar refractivity (Wildman–Crippen MR) is 157 cm³/mol. The molecule has 0 aromatic rings. The molecule has 5 atom stereocenters. The largest absolute Gasteiger partial charge is 0.356 e. The van der Waals surface area contributed by atoms with Gasteiger partial charge < -0.3 is 10.2 Å². The molecule has 5 unspecified atom stereocenters. The molecular formula is C33H60N2O2. The molecule has 0 aromatic carbocycles. The van der Waals surface area contributed by atoms with Gasteiger partial charge in [0.2, 0.25) is 11.8 Å². The van der Waals surface area contributed by atoms with Gasteiger partial charge in [-0.15, -0.1) is 0 Å². The monoisotopic (exact) mass is 516 g/mol. The van der Waals surface area contributed by atoms with Crippen LogP contribution in [0, 0.1) is 29.1 Å². The minimum absolute atomic E-state index is 0.121. The second-order valence-corrected chi connectivity index (χ2v) is 12.4. The summed E-state index contributed by atoms with van der Waals surface area (Å²) in [7, 11) is 0. The molecule has 0 aliphatic heterocycles. The average molecular weight is 517 g/mol. The van der Waals surface area contributed by atoms with E-state index in [-0.39, 0.29) is 23.1 Å². The molecule has 2 bridgehead atoms. The Balaban J connectivity index is 2.23. The fraction of sp³-hybridized carbons (Fsp3) is 0.879. The summed E-state index contributed by atoms with van der Waals surface area (Å²) in [6.45, 7) is 18.3. The van der Waals surface area contributed by atoms with Crippen LogP contribution in [-0.4, -0.2) is 36.3 Å². The summed E-state index contributed by atoms with van der Waals surface area (Å²) in [5.41, 5.74) is 2.71. The van der Waals surface area contributed by atoms with Gasteiger partial charge >= 0.3 is 0 Å². The van der Waals surface area contributed by atoms with E-state index in [0.717, 1.165) is 51.7 Å². The summed E-state index contributed by atoms with van der Waals surface area (Å²) in [4.78, 5) is 30.0. The van der Waals surface area contributed by atoms with Crippen LogP contribution in [-0.2, 0) is 9.59 Å². The Morgan fingerprint density at radius 1 is 0.865 bits per heavy atom. The van der Waals surface area contributed by atoms with Crippen LogP contribution in [0.3, 0.4) is 0 Å². The zero-order chi connectivity index (χ0) is 27.4. The first-order valence-electron chi connectivity index (χ1n) is 16.0. The molecule has 1 N–H and O–H groups in total. The lowest BCUT2D eigenvalue weighted by Crippen LogP contribution is -2.48. The molecule has 214 valence electrons. The van der Waals surface area contributed by atoms with E-state index in [1.165, 1.54) is 62.5 Å². The fourth-order valence-electron chi connectivity index (χ4n) is 7.48. The van der Waals surface area contributed by atoms with Gasteiger partial charge in [0.1, 0.15) is 0 Å². The average Bonchev–Trinajstić information content (AvgIpc) is 3.30. The molecule has 2 amide bonds. The van der Waals surface area contributed by atoms with Gasteiger partial charge in [-0.2, -0.15) is 0 Å². The minimum atomic E-state index is -0.264. The number of rotatable bonds is 19. The van der Waals surface area contributed by atoms with E-state index in [2.05, 4.69) is 58.7 Å². The summed E-state index contributed by atoms with van der Waals surface area (Å²) in [6, 6.07) is 0. The smallest absolute Gasteiger partial charge is 0.224 e. The van der Waals surface area contributed by atoms with E-state index >= 15 is 0 Å². The van der Waals surface area contributed by atoms with Crippen molar-refractivity contribution in [3.05, 3.63) is 11.1 Å². The van der Waals surface area contributed by atoms with Gasteiger partial charge in [0.15, 0.2) is 0 Å². The number of amides is 2. The van der Waals surface area contributed by atoms with Crippen molar-refractivity contribution in [2.45, 2.75) is 138 Å². The topological polar surface area (TPSA) is 49.4 Å². The zero-order valence-electron chi connectivity index (χ0n) is 25.6. The van der Waals surface area contributed by atoms with E-state index < -0.39 is 0 Å². The first-order valence-corrected chi connectivity index (χ1v) is 16.0. The van der Waals surface area contributed by atoms with Gasteiger partial charge in [-0.1, -0.05) is 104 Å². The molecular weight excluding hydrogens is 456 g/mol. The van der Waals surface area contributed by atoms with E-state index in [9.17, 15) is 9.59 Å². The third-order valence-electron chi connectivity index (χ3n) is 10.2. The SMILES string of the molecule is CCCCCCNC(=O)C(CC(=O)N(CCCCCC)CCCCCC)C12CC(C(C)=C1C)C(C)C2C. The fourth-order valence-corrected chi connectivity index (χ4v) is 7.48. The van der Waals surface area contributed by atoms with Crippen LogP contribution in [0.2, 0.25) is 0 Å². The Morgan fingerprint density at radius 3 is 1.95 bits per heavy atom. The van der Waals surface area contributed by atoms with Crippen LogP contribution >= 0.6 is 0 Å². The van der Waals surface area contributed by atoms with Gasteiger partial charge in [0, 0.05) is 31.5 Å². The first-order chi connectivity index (χ1) is 17.8. The van der Waals surface area contributed by atoms with E-state index in [4.69, 9.17) is 0 Å². The number of nitrogens with one attached hydrogen (secondary N) is 1. The lowest BCUT2D eigenvalue weighted by Gasteiger charge is -2.43. The highest BCUT2D eigenvalue weighted by molar-refractivity contribution is 5.87. The van der Waals surface area contributed by atoms with Gasteiger partial charge in [-0.25, -0.2) is 0 Å². The molecule has 0 saturated heterocycles. The molecule has 2 aliphatic rings. The van der Waals surface area contributed by atoms with Crippen molar-refractivity contribution in [2.75, 3.05) is 19.6 Å². The van der Waals surface area contributed by atoms with Gasteiger partial charge in [-0.3, -0.25) is 9.59 Å². The van der Waals surface area contributed by atoms with E-state index in [1.54, 1.807) is 0 Å². The number of carbonyl (C=O) groups is 2. The summed E-state index contributed by atoms with van der Waals surface area (Å²) in [5.74, 6) is 1.61. The van der Waals surface area contributed by atoms with Crippen LogP contribution < -0.4 is 5.32 Å². The summed E-state index contributed by atoms with van der Waals surface area (Å²) in [6.07, 6.45) is 15.3. The van der Waals surface area contributed by atoms with Crippen molar-refractivity contribution in [2.24, 2.45) is 29.1 Å². The maximum absolute atomic E-state index is 13.9. The van der Waals surface area contributed by atoms with Crippen molar-refractivity contribution in [3.63, 3.8) is 0 Å². The first kappa shape index (κ1) is 31.9. The van der Waals surface area contributed by atoms with Crippen molar-refractivity contribution < 1.29 is 9.59 Å². The molecule has 0 heterocycles. The van der Waals surface area contributed by atoms with Crippen LogP contribution in [0.4, 0.5) is 0 Å². The Kier molecular flexibility index (Phi) is 13.7. The molecule has 0 radical (unpaired) electrons. The molecule has 4 nitrogen and oxygen atoms in total. The van der Waals surface area contributed by atoms with Crippen molar-refractivity contribution in [1.29, 1.82) is 0 Å². The van der Waals surface area contributed by atoms with Crippen molar-refractivity contribution in [3.8, 4) is 0 Å². The predicted octanol–water partition coefficient (Wildman–Crippen LogP) is 8.31. The van der Waals surface area contributed by atoms with Gasteiger partial charge in [0.05, 0.1) is 5.92 Å². The van der Waals surface area contributed by atoms with E-state index in [0.29, 0.717) is 24.2 Å². The standard InChI is InChI=1S/C33H60N2O2/c1-8-11-14-17-20-34-32(37)30(33-24-29(25(4)27(33)6)26(5)28(33)7)23-31(36)35(21-18-15-12-9-2)22-19-16-13-10-3/h25,27,29-30H,8-24H2,1-7H3,(H,34,37). The summed E-state index contributed by atoms with van der Waals surface area (Å²) in [5, 5.41) is 3.30. The van der Waals surface area contributed by atoms with Gasteiger partial charge in [-0.05, 0) is 57.3 Å². The normalized spacial score (nSPS) is 25.5. The summed E-state index contributed by atoms with van der Waals surface area (Å²) >= 11 is 0. The minimum Gasteiger partial charge on any atom is -0.356 e. The molecule has 1 fully saturated rings. The van der Waals surface area contributed by atoms with Crippen LogP contribution in [0.1, 0.15) is 138 Å².